The summed E-state index contributed by atoms with van der Waals surface area (Å²) in [6, 6.07) is 9.27. The Kier molecular flexibility index (Phi) is 3.47. The molecule has 0 bridgehead atoms. The minimum atomic E-state index is 0.121. The van der Waals surface area contributed by atoms with Crippen LogP contribution in [0, 0.1) is 0 Å². The number of carbonyl (C=O) groups excluding carboxylic acids is 1. The van der Waals surface area contributed by atoms with Crippen LogP contribution in [0.15, 0.2) is 41.0 Å². The van der Waals surface area contributed by atoms with E-state index in [1.165, 1.54) is 29.6 Å². The van der Waals surface area contributed by atoms with Crippen molar-refractivity contribution < 1.29 is 4.79 Å². The molecule has 0 fully saturated rings. The Bertz CT molecular complexity index is 428. The van der Waals surface area contributed by atoms with Gasteiger partial charge in [0.1, 0.15) is 6.33 Å². The standard InChI is InChI=1S/C10H8N2OS2/c13-9(8-4-2-1-3-5-8)6-14-10-11-7-12-15-10/h1-5,7H,6H2. The number of nitrogens with zero attached hydrogens (tertiary/aromatic N) is 2. The van der Waals surface area contributed by atoms with E-state index in [0.717, 1.165) is 9.90 Å². The van der Waals surface area contributed by atoms with Crippen LogP contribution >= 0.6 is 23.3 Å². The molecule has 0 spiro atoms. The number of Topliss-reactive ketones (excluding diaryl/α,β-unsaturated/α-hetero) is 1. The number of benzene rings is 1. The third-order valence-electron chi connectivity index (χ3n) is 1.76. The molecule has 2 rings (SSSR count). The zero-order valence-electron chi connectivity index (χ0n) is 7.79. The molecule has 1 aromatic carbocycles. The van der Waals surface area contributed by atoms with Crippen molar-refractivity contribution in [2.75, 3.05) is 5.75 Å². The topological polar surface area (TPSA) is 42.9 Å². The molecule has 15 heavy (non-hydrogen) atoms. The van der Waals surface area contributed by atoms with Gasteiger partial charge in [-0.25, -0.2) is 4.98 Å². The minimum Gasteiger partial charge on any atom is -0.293 e. The molecule has 0 aliphatic rings. The smallest absolute Gasteiger partial charge is 0.173 e. The molecule has 0 radical (unpaired) electrons. The van der Waals surface area contributed by atoms with Crippen molar-refractivity contribution in [2.45, 2.75) is 4.34 Å². The number of aromatic nitrogens is 2. The van der Waals surface area contributed by atoms with Crippen molar-refractivity contribution in [3.05, 3.63) is 42.2 Å². The van der Waals surface area contributed by atoms with Gasteiger partial charge in [0.25, 0.3) is 0 Å². The molecule has 0 aliphatic carbocycles. The highest BCUT2D eigenvalue weighted by Crippen LogP contribution is 2.19. The van der Waals surface area contributed by atoms with Gasteiger partial charge in [0.05, 0.1) is 5.75 Å². The van der Waals surface area contributed by atoms with Crippen molar-refractivity contribution in [1.82, 2.24) is 9.36 Å². The Morgan fingerprint density at radius 2 is 2.13 bits per heavy atom. The summed E-state index contributed by atoms with van der Waals surface area (Å²) in [4.78, 5) is 15.7. The monoisotopic (exact) mass is 236 g/mol. The predicted octanol–water partition coefficient (Wildman–Crippen LogP) is 2.51. The van der Waals surface area contributed by atoms with E-state index in [2.05, 4.69) is 9.36 Å². The van der Waals surface area contributed by atoms with Gasteiger partial charge in [-0.2, -0.15) is 4.37 Å². The molecule has 5 heteroatoms. The number of hydrogen-bond acceptors (Lipinski definition) is 5. The van der Waals surface area contributed by atoms with E-state index in [0.29, 0.717) is 5.75 Å². The Morgan fingerprint density at radius 3 is 2.80 bits per heavy atom. The van der Waals surface area contributed by atoms with Crippen molar-refractivity contribution in [3.63, 3.8) is 0 Å². The number of ketones is 1. The first-order valence-corrected chi connectivity index (χ1v) is 6.10. The van der Waals surface area contributed by atoms with Gasteiger partial charge in [-0.15, -0.1) is 0 Å². The fourth-order valence-electron chi connectivity index (χ4n) is 1.06. The second-order valence-electron chi connectivity index (χ2n) is 2.79. The fourth-order valence-corrected chi connectivity index (χ4v) is 2.40. The average molecular weight is 236 g/mol. The maximum Gasteiger partial charge on any atom is 0.173 e. The maximum atomic E-state index is 11.7. The van der Waals surface area contributed by atoms with Crippen molar-refractivity contribution in [1.29, 1.82) is 0 Å². The van der Waals surface area contributed by atoms with Crippen LogP contribution in [-0.2, 0) is 0 Å². The second kappa shape index (κ2) is 5.04. The van der Waals surface area contributed by atoms with Gasteiger partial charge in [0, 0.05) is 5.56 Å². The number of rotatable bonds is 4. The summed E-state index contributed by atoms with van der Waals surface area (Å²) >= 11 is 2.74. The zero-order chi connectivity index (χ0) is 10.5. The molecule has 1 aromatic heterocycles. The molecule has 2 aromatic rings. The Hall–Kier alpha value is -1.20. The molecule has 0 saturated heterocycles. The quantitative estimate of drug-likeness (QED) is 0.604. The van der Waals surface area contributed by atoms with E-state index >= 15 is 0 Å². The van der Waals surface area contributed by atoms with E-state index < -0.39 is 0 Å². The minimum absolute atomic E-state index is 0.121. The lowest BCUT2D eigenvalue weighted by atomic mass is 10.2. The van der Waals surface area contributed by atoms with E-state index in [4.69, 9.17) is 0 Å². The molecular weight excluding hydrogens is 228 g/mol. The Balaban J connectivity index is 1.94. The van der Waals surface area contributed by atoms with Crippen LogP contribution in [0.2, 0.25) is 0 Å². The molecule has 3 nitrogen and oxygen atoms in total. The fraction of sp³-hybridized carbons (Fsp3) is 0.100. The SMILES string of the molecule is O=C(CSc1ncns1)c1ccccc1. The Morgan fingerprint density at radius 1 is 1.33 bits per heavy atom. The largest absolute Gasteiger partial charge is 0.293 e. The van der Waals surface area contributed by atoms with Crippen molar-refractivity contribution >= 4 is 29.1 Å². The van der Waals surface area contributed by atoms with E-state index in [1.54, 1.807) is 0 Å². The molecule has 0 amide bonds. The Labute approximate surface area is 95.7 Å². The van der Waals surface area contributed by atoms with Crippen LogP contribution in [0.25, 0.3) is 0 Å². The van der Waals surface area contributed by atoms with Crippen molar-refractivity contribution in [3.8, 4) is 0 Å². The zero-order valence-corrected chi connectivity index (χ0v) is 9.42. The summed E-state index contributed by atoms with van der Waals surface area (Å²) < 4.78 is 4.70. The first-order chi connectivity index (χ1) is 7.36. The van der Waals surface area contributed by atoms with Gasteiger partial charge in [-0.3, -0.25) is 4.79 Å². The summed E-state index contributed by atoms with van der Waals surface area (Å²) in [6.45, 7) is 0. The predicted molar refractivity (Wildman–Crippen MR) is 61.4 cm³/mol. The van der Waals surface area contributed by atoms with Gasteiger partial charge in [-0.05, 0) is 11.5 Å². The van der Waals surface area contributed by atoms with Crippen LogP contribution < -0.4 is 0 Å². The summed E-state index contributed by atoms with van der Waals surface area (Å²) in [5.74, 6) is 0.537. The lowest BCUT2D eigenvalue weighted by Crippen LogP contribution is -2.01. The molecule has 0 saturated carbocycles. The number of thioether (sulfide) groups is 1. The molecule has 1 heterocycles. The molecule has 0 unspecified atom stereocenters. The molecule has 0 atom stereocenters. The summed E-state index contributed by atoms with van der Waals surface area (Å²) in [7, 11) is 0. The summed E-state index contributed by atoms with van der Waals surface area (Å²) in [6.07, 6.45) is 1.50. The van der Waals surface area contributed by atoms with Crippen LogP contribution in [0.1, 0.15) is 10.4 Å². The highest BCUT2D eigenvalue weighted by Gasteiger charge is 2.06. The van der Waals surface area contributed by atoms with E-state index in [1.807, 2.05) is 30.3 Å². The van der Waals surface area contributed by atoms with Gasteiger partial charge < -0.3 is 0 Å². The molecule has 76 valence electrons. The molecule has 0 aliphatic heterocycles. The van der Waals surface area contributed by atoms with Gasteiger partial charge >= 0.3 is 0 Å². The third-order valence-corrected chi connectivity index (χ3v) is 3.56. The van der Waals surface area contributed by atoms with Crippen LogP contribution in [-0.4, -0.2) is 20.9 Å². The summed E-state index contributed by atoms with van der Waals surface area (Å²) in [5, 5.41) is 0. The first kappa shape index (κ1) is 10.3. The average Bonchev–Trinajstić information content (AvgIpc) is 2.80. The van der Waals surface area contributed by atoms with Gasteiger partial charge in [-0.1, -0.05) is 42.1 Å². The van der Waals surface area contributed by atoms with Gasteiger partial charge in [0.15, 0.2) is 10.1 Å². The third kappa shape index (κ3) is 2.87. The lowest BCUT2D eigenvalue weighted by molar-refractivity contribution is 0.102. The van der Waals surface area contributed by atoms with Crippen LogP contribution in [0.3, 0.4) is 0 Å². The highest BCUT2D eigenvalue weighted by molar-refractivity contribution is 8.01. The number of hydrogen-bond donors (Lipinski definition) is 0. The van der Waals surface area contributed by atoms with Gasteiger partial charge in [0.2, 0.25) is 0 Å². The highest BCUT2D eigenvalue weighted by atomic mass is 32.2. The van der Waals surface area contributed by atoms with E-state index in [9.17, 15) is 4.79 Å². The van der Waals surface area contributed by atoms with Crippen molar-refractivity contribution in [2.24, 2.45) is 0 Å². The summed E-state index contributed by atoms with van der Waals surface area (Å²) in [5.41, 5.74) is 0.745. The second-order valence-corrected chi connectivity index (χ2v) is 4.79. The van der Waals surface area contributed by atoms with Crippen LogP contribution in [0.5, 0.6) is 0 Å². The lowest BCUT2D eigenvalue weighted by Gasteiger charge is -1.97. The molecular formula is C10H8N2OS2. The van der Waals surface area contributed by atoms with E-state index in [-0.39, 0.29) is 5.78 Å². The molecule has 0 N–H and O–H groups in total. The number of carbonyl (C=O) groups is 1. The first-order valence-electron chi connectivity index (χ1n) is 4.34. The maximum absolute atomic E-state index is 11.7. The normalized spacial score (nSPS) is 10.1. The van der Waals surface area contributed by atoms with Crippen LogP contribution in [0.4, 0.5) is 0 Å².